The number of hydrogen-bond acceptors (Lipinski definition) is 6. The van der Waals surface area contributed by atoms with Crippen LogP contribution < -0.4 is 10.6 Å². The van der Waals surface area contributed by atoms with E-state index in [0.29, 0.717) is 19.1 Å². The molecule has 0 unspecified atom stereocenters. The average molecular weight is 558 g/mol. The lowest BCUT2D eigenvalue weighted by Crippen LogP contribution is -2.49. The zero-order chi connectivity index (χ0) is 20.8. The fourth-order valence-corrected chi connectivity index (χ4v) is 4.52. The summed E-state index contributed by atoms with van der Waals surface area (Å²) in [4.78, 5) is 11.7. The molecule has 2 N–H and O–H groups in total. The summed E-state index contributed by atoms with van der Waals surface area (Å²) in [5, 5.41) is 9.99. The molecule has 0 aromatic carbocycles. The number of thiazole rings is 1. The second-order valence-electron chi connectivity index (χ2n) is 8.46. The Hall–Kier alpha value is -0.460. The molecular weight excluding hydrogens is 521 g/mol. The van der Waals surface area contributed by atoms with E-state index >= 15 is 0 Å². The average Bonchev–Trinajstić information content (AvgIpc) is 3.08. The SMILES string of the molecule is CCNC(=NCc1nc(C(C)(C)C)cs1)NC1CCN(CCS(C)(=O)=O)CC1.I. The van der Waals surface area contributed by atoms with Crippen molar-refractivity contribution >= 4 is 51.1 Å². The second-order valence-corrected chi connectivity index (χ2v) is 11.7. The molecule has 1 aromatic heterocycles. The van der Waals surface area contributed by atoms with E-state index in [4.69, 9.17) is 9.98 Å². The van der Waals surface area contributed by atoms with E-state index < -0.39 is 9.84 Å². The van der Waals surface area contributed by atoms with Crippen molar-refractivity contribution in [3.05, 3.63) is 16.1 Å². The number of sulfone groups is 1. The van der Waals surface area contributed by atoms with Crippen LogP contribution in [-0.4, -0.2) is 68.5 Å². The molecule has 2 heterocycles. The molecule has 0 radical (unpaired) electrons. The molecule has 1 aliphatic heterocycles. The van der Waals surface area contributed by atoms with Gasteiger partial charge in [0, 0.05) is 49.3 Å². The molecule has 0 saturated carbocycles. The van der Waals surface area contributed by atoms with Crippen LogP contribution in [0, 0.1) is 0 Å². The van der Waals surface area contributed by atoms with Gasteiger partial charge < -0.3 is 15.5 Å². The van der Waals surface area contributed by atoms with Gasteiger partial charge in [0.05, 0.1) is 18.0 Å². The highest BCUT2D eigenvalue weighted by atomic mass is 127. The first kappa shape index (κ1) is 26.6. The normalized spacial score (nSPS) is 17.1. The first-order valence-electron chi connectivity index (χ1n) is 9.96. The summed E-state index contributed by atoms with van der Waals surface area (Å²) >= 11 is 1.66. The summed E-state index contributed by atoms with van der Waals surface area (Å²) in [6, 6.07) is 0.355. The number of nitrogens with one attached hydrogen (secondary N) is 2. The Bertz CT molecular complexity index is 751. The van der Waals surface area contributed by atoms with Crippen molar-refractivity contribution < 1.29 is 8.42 Å². The minimum atomic E-state index is -2.90. The second kappa shape index (κ2) is 11.8. The van der Waals surface area contributed by atoms with Crippen molar-refractivity contribution in [1.29, 1.82) is 0 Å². The molecule has 0 spiro atoms. The maximum Gasteiger partial charge on any atom is 0.191 e. The van der Waals surface area contributed by atoms with Gasteiger partial charge in [0.15, 0.2) is 5.96 Å². The number of halogens is 1. The van der Waals surface area contributed by atoms with E-state index in [-0.39, 0.29) is 35.1 Å². The third-order valence-corrected chi connectivity index (χ3v) is 6.50. The van der Waals surface area contributed by atoms with Crippen LogP contribution in [0.3, 0.4) is 0 Å². The number of guanidine groups is 1. The Morgan fingerprint density at radius 1 is 1.34 bits per heavy atom. The fraction of sp³-hybridized carbons (Fsp3) is 0.789. The lowest BCUT2D eigenvalue weighted by molar-refractivity contribution is 0.216. The smallest absolute Gasteiger partial charge is 0.191 e. The van der Waals surface area contributed by atoms with Crippen molar-refractivity contribution in [2.75, 3.05) is 38.2 Å². The molecule has 0 atom stereocenters. The van der Waals surface area contributed by atoms with Crippen molar-refractivity contribution in [2.45, 2.75) is 58.5 Å². The highest BCUT2D eigenvalue weighted by Gasteiger charge is 2.21. The predicted molar refractivity (Wildman–Crippen MR) is 133 cm³/mol. The largest absolute Gasteiger partial charge is 0.357 e. The summed E-state index contributed by atoms with van der Waals surface area (Å²) < 4.78 is 22.7. The molecular formula is C19H36IN5O2S2. The summed E-state index contributed by atoms with van der Waals surface area (Å²) in [5.41, 5.74) is 1.17. The van der Waals surface area contributed by atoms with Crippen LogP contribution in [0.4, 0.5) is 0 Å². The van der Waals surface area contributed by atoms with Gasteiger partial charge >= 0.3 is 0 Å². The molecule has 7 nitrogen and oxygen atoms in total. The van der Waals surface area contributed by atoms with Gasteiger partial charge in [-0.2, -0.15) is 0 Å². The number of aliphatic imine (C=N–C) groups is 1. The van der Waals surface area contributed by atoms with E-state index in [0.717, 1.165) is 49.1 Å². The van der Waals surface area contributed by atoms with Gasteiger partial charge in [-0.15, -0.1) is 35.3 Å². The van der Waals surface area contributed by atoms with Crippen molar-refractivity contribution in [3.63, 3.8) is 0 Å². The van der Waals surface area contributed by atoms with Gasteiger partial charge in [-0.25, -0.2) is 18.4 Å². The monoisotopic (exact) mass is 557 g/mol. The number of likely N-dealkylation sites (tertiary alicyclic amines) is 1. The Morgan fingerprint density at radius 2 is 2.00 bits per heavy atom. The van der Waals surface area contributed by atoms with Crippen LogP contribution in [0.15, 0.2) is 10.4 Å². The number of hydrogen-bond donors (Lipinski definition) is 2. The van der Waals surface area contributed by atoms with Crippen molar-refractivity contribution in [1.82, 2.24) is 20.5 Å². The van der Waals surface area contributed by atoms with Crippen LogP contribution in [0.2, 0.25) is 0 Å². The van der Waals surface area contributed by atoms with Crippen LogP contribution >= 0.6 is 35.3 Å². The number of nitrogens with zero attached hydrogens (tertiary/aromatic N) is 3. The number of aromatic nitrogens is 1. The lowest BCUT2D eigenvalue weighted by Gasteiger charge is -2.32. The molecule has 0 bridgehead atoms. The summed E-state index contributed by atoms with van der Waals surface area (Å²) in [6.45, 7) is 12.4. The topological polar surface area (TPSA) is 86.7 Å². The van der Waals surface area contributed by atoms with Crippen LogP contribution in [-0.2, 0) is 21.8 Å². The third kappa shape index (κ3) is 9.93. The summed E-state index contributed by atoms with van der Waals surface area (Å²) in [6.07, 6.45) is 3.27. The fourth-order valence-electron chi connectivity index (χ4n) is 2.98. The maximum atomic E-state index is 11.3. The first-order valence-corrected chi connectivity index (χ1v) is 12.9. The van der Waals surface area contributed by atoms with E-state index in [2.05, 4.69) is 48.6 Å². The summed E-state index contributed by atoms with van der Waals surface area (Å²) in [5.74, 6) is 1.06. The van der Waals surface area contributed by atoms with Gasteiger partial charge in [-0.1, -0.05) is 20.8 Å². The molecule has 0 amide bonds. The van der Waals surface area contributed by atoms with Crippen LogP contribution in [0.25, 0.3) is 0 Å². The first-order chi connectivity index (χ1) is 13.1. The van der Waals surface area contributed by atoms with Crippen molar-refractivity contribution in [3.8, 4) is 0 Å². The maximum absolute atomic E-state index is 11.3. The standard InChI is InChI=1S/C19H35N5O2S2.HI/c1-6-20-18(21-13-17-23-16(14-27-17)19(2,3)4)22-15-7-9-24(10-8-15)11-12-28(5,25)26;/h14-15H,6-13H2,1-5H3,(H2,20,21,22);1H. The Labute approximate surface area is 197 Å². The molecule has 1 fully saturated rings. The minimum Gasteiger partial charge on any atom is -0.357 e. The zero-order valence-corrected chi connectivity index (χ0v) is 22.2. The zero-order valence-electron chi connectivity index (χ0n) is 18.2. The molecule has 0 aliphatic carbocycles. The van der Waals surface area contributed by atoms with Crippen LogP contribution in [0.1, 0.15) is 51.2 Å². The number of rotatable bonds is 7. The quantitative estimate of drug-likeness (QED) is 0.305. The molecule has 10 heteroatoms. The van der Waals surface area contributed by atoms with Gasteiger partial charge in [-0.05, 0) is 19.8 Å². The van der Waals surface area contributed by atoms with Crippen molar-refractivity contribution in [2.24, 2.45) is 4.99 Å². The third-order valence-electron chi connectivity index (χ3n) is 4.74. The molecule has 2 rings (SSSR count). The number of piperidine rings is 1. The van der Waals surface area contributed by atoms with E-state index in [1.165, 1.54) is 6.26 Å². The highest BCUT2D eigenvalue weighted by Crippen LogP contribution is 2.24. The van der Waals surface area contributed by atoms with E-state index in [1.807, 2.05) is 0 Å². The van der Waals surface area contributed by atoms with Gasteiger partial charge in [0.25, 0.3) is 0 Å². The predicted octanol–water partition coefficient (Wildman–Crippen LogP) is 2.62. The van der Waals surface area contributed by atoms with Gasteiger partial charge in [0.2, 0.25) is 0 Å². The van der Waals surface area contributed by atoms with Crippen LogP contribution in [0.5, 0.6) is 0 Å². The molecule has 1 aliphatic rings. The van der Waals surface area contributed by atoms with Gasteiger partial charge in [0.1, 0.15) is 14.8 Å². The molecule has 168 valence electrons. The molecule has 29 heavy (non-hydrogen) atoms. The summed E-state index contributed by atoms with van der Waals surface area (Å²) in [7, 11) is -2.90. The molecule has 1 aromatic rings. The van der Waals surface area contributed by atoms with Gasteiger partial charge in [-0.3, -0.25) is 0 Å². The highest BCUT2D eigenvalue weighted by molar-refractivity contribution is 14.0. The Kier molecular flexibility index (Phi) is 10.8. The minimum absolute atomic E-state index is 0. The lowest BCUT2D eigenvalue weighted by atomic mass is 9.93. The Balaban J connectivity index is 0.00000420. The van der Waals surface area contributed by atoms with E-state index in [1.54, 1.807) is 11.3 Å². The Morgan fingerprint density at radius 3 is 2.52 bits per heavy atom. The molecule has 1 saturated heterocycles. The van der Waals surface area contributed by atoms with E-state index in [9.17, 15) is 8.42 Å².